The first-order valence-corrected chi connectivity index (χ1v) is 7.16. The van der Waals surface area contributed by atoms with Crippen molar-refractivity contribution >= 4 is 28.7 Å². The summed E-state index contributed by atoms with van der Waals surface area (Å²) in [5.41, 5.74) is 1.71. The molecule has 1 aromatic heterocycles. The third kappa shape index (κ3) is 3.73. The summed E-state index contributed by atoms with van der Waals surface area (Å²) in [5, 5.41) is 3.57. The molecule has 1 atom stereocenters. The van der Waals surface area contributed by atoms with Crippen molar-refractivity contribution < 1.29 is 4.79 Å². The molecule has 0 saturated heterocycles. The van der Waals surface area contributed by atoms with E-state index in [4.69, 9.17) is 0 Å². The molecule has 0 aliphatic heterocycles. The van der Waals surface area contributed by atoms with E-state index in [1.807, 2.05) is 52.0 Å². The highest BCUT2D eigenvalue weighted by atomic mass is 32.2. The van der Waals surface area contributed by atoms with Gasteiger partial charge in [-0.2, -0.15) is 0 Å². The van der Waals surface area contributed by atoms with Crippen molar-refractivity contribution in [3.05, 3.63) is 24.3 Å². The fourth-order valence-corrected chi connectivity index (χ4v) is 2.50. The average Bonchev–Trinajstić information content (AvgIpc) is 2.68. The average molecular weight is 277 g/mol. The van der Waals surface area contributed by atoms with Crippen LogP contribution in [0.25, 0.3) is 11.0 Å². The molecule has 1 aromatic carbocycles. The van der Waals surface area contributed by atoms with Gasteiger partial charge in [-0.25, -0.2) is 4.98 Å². The van der Waals surface area contributed by atoms with Crippen LogP contribution in [0, 0.1) is 0 Å². The minimum atomic E-state index is -0.209. The number of imidazole rings is 1. The summed E-state index contributed by atoms with van der Waals surface area (Å²) in [6.45, 7) is 7.81. The summed E-state index contributed by atoms with van der Waals surface area (Å²) in [4.78, 5) is 19.7. The predicted molar refractivity (Wildman–Crippen MR) is 79.3 cm³/mol. The fraction of sp³-hybridized carbons (Fsp3) is 0.429. The first-order valence-electron chi connectivity index (χ1n) is 6.28. The molecule has 0 saturated carbocycles. The fourth-order valence-electron chi connectivity index (χ4n) is 1.68. The summed E-state index contributed by atoms with van der Waals surface area (Å²) >= 11 is 1.44. The minimum absolute atomic E-state index is 0.0259. The zero-order valence-corrected chi connectivity index (χ0v) is 12.5. The van der Waals surface area contributed by atoms with Crippen molar-refractivity contribution in [2.45, 2.75) is 43.6 Å². The highest BCUT2D eigenvalue weighted by Crippen LogP contribution is 2.23. The second kappa shape index (κ2) is 5.25. The molecular formula is C14H19N3OS. The van der Waals surface area contributed by atoms with E-state index in [-0.39, 0.29) is 16.7 Å². The molecule has 0 spiro atoms. The zero-order chi connectivity index (χ0) is 14.0. The van der Waals surface area contributed by atoms with Gasteiger partial charge in [0.05, 0.1) is 16.3 Å². The highest BCUT2D eigenvalue weighted by Gasteiger charge is 2.21. The molecule has 2 rings (SSSR count). The molecule has 102 valence electrons. The Kier molecular flexibility index (Phi) is 3.85. The molecule has 4 nitrogen and oxygen atoms in total. The van der Waals surface area contributed by atoms with E-state index in [1.54, 1.807) is 0 Å². The topological polar surface area (TPSA) is 57.8 Å². The molecule has 5 heteroatoms. The van der Waals surface area contributed by atoms with Crippen molar-refractivity contribution in [1.82, 2.24) is 15.3 Å². The lowest BCUT2D eigenvalue weighted by Crippen LogP contribution is -2.44. The van der Waals surface area contributed by atoms with Crippen molar-refractivity contribution in [3.8, 4) is 0 Å². The van der Waals surface area contributed by atoms with Crippen molar-refractivity contribution in [3.63, 3.8) is 0 Å². The number of carbonyl (C=O) groups is 1. The van der Waals surface area contributed by atoms with Crippen LogP contribution in [0.5, 0.6) is 0 Å². The smallest absolute Gasteiger partial charge is 0.233 e. The second-order valence-corrected chi connectivity index (χ2v) is 6.89. The van der Waals surface area contributed by atoms with Crippen molar-refractivity contribution in [1.29, 1.82) is 0 Å². The number of amides is 1. The molecule has 2 N–H and O–H groups in total. The SMILES string of the molecule is C[C@H](Sc1nc2ccccc2[nH]1)C(=O)NC(C)(C)C. The number of H-pyrrole nitrogens is 1. The molecule has 19 heavy (non-hydrogen) atoms. The Bertz CT molecular complexity index is 553. The molecule has 0 unspecified atom stereocenters. The van der Waals surface area contributed by atoms with Crippen LogP contribution in [0.4, 0.5) is 0 Å². The number of hydrogen-bond acceptors (Lipinski definition) is 3. The van der Waals surface area contributed by atoms with E-state index < -0.39 is 0 Å². The Morgan fingerprint density at radius 1 is 1.37 bits per heavy atom. The lowest BCUT2D eigenvalue weighted by molar-refractivity contribution is -0.121. The molecule has 1 heterocycles. The van der Waals surface area contributed by atoms with Gasteiger partial charge >= 0.3 is 0 Å². The Hall–Kier alpha value is -1.49. The van der Waals surface area contributed by atoms with Crippen LogP contribution in [0.15, 0.2) is 29.4 Å². The maximum absolute atomic E-state index is 12.0. The lowest BCUT2D eigenvalue weighted by atomic mass is 10.1. The van der Waals surface area contributed by atoms with Gasteiger partial charge in [-0.05, 0) is 39.8 Å². The molecule has 0 aliphatic carbocycles. The van der Waals surface area contributed by atoms with E-state index >= 15 is 0 Å². The number of hydrogen-bond donors (Lipinski definition) is 2. The van der Waals surface area contributed by atoms with Crippen molar-refractivity contribution in [2.24, 2.45) is 0 Å². The highest BCUT2D eigenvalue weighted by molar-refractivity contribution is 8.00. The van der Waals surface area contributed by atoms with Crippen LogP contribution in [-0.2, 0) is 4.79 Å². The third-order valence-corrected chi connectivity index (χ3v) is 3.51. The van der Waals surface area contributed by atoms with Gasteiger partial charge in [0.2, 0.25) is 5.91 Å². The van der Waals surface area contributed by atoms with Crippen LogP contribution in [0.1, 0.15) is 27.7 Å². The van der Waals surface area contributed by atoms with Crippen molar-refractivity contribution in [2.75, 3.05) is 0 Å². The van der Waals surface area contributed by atoms with Gasteiger partial charge < -0.3 is 10.3 Å². The number of thioether (sulfide) groups is 1. The number of rotatable bonds is 3. The largest absolute Gasteiger partial charge is 0.351 e. The zero-order valence-electron chi connectivity index (χ0n) is 11.7. The molecule has 0 radical (unpaired) electrons. The van der Waals surface area contributed by atoms with Crippen LogP contribution in [0.2, 0.25) is 0 Å². The summed E-state index contributed by atoms with van der Waals surface area (Å²) < 4.78 is 0. The van der Waals surface area contributed by atoms with Gasteiger partial charge in [0, 0.05) is 5.54 Å². The number of nitrogens with one attached hydrogen (secondary N) is 2. The molecule has 2 aromatic rings. The van der Waals surface area contributed by atoms with Crippen LogP contribution in [0.3, 0.4) is 0 Å². The van der Waals surface area contributed by atoms with Gasteiger partial charge in [0.15, 0.2) is 5.16 Å². The van der Waals surface area contributed by atoms with E-state index in [0.717, 1.165) is 16.2 Å². The number of aromatic amines is 1. The quantitative estimate of drug-likeness (QED) is 0.848. The van der Waals surface area contributed by atoms with Gasteiger partial charge in [-0.15, -0.1) is 0 Å². The maximum atomic E-state index is 12.0. The summed E-state index contributed by atoms with van der Waals surface area (Å²) in [6, 6.07) is 7.85. The number of aromatic nitrogens is 2. The minimum Gasteiger partial charge on any atom is -0.351 e. The van der Waals surface area contributed by atoms with Crippen LogP contribution in [-0.4, -0.2) is 26.7 Å². The Labute approximate surface area is 117 Å². The Morgan fingerprint density at radius 3 is 2.68 bits per heavy atom. The normalized spacial score (nSPS) is 13.5. The number of fused-ring (bicyclic) bond motifs is 1. The van der Waals surface area contributed by atoms with E-state index in [1.165, 1.54) is 11.8 Å². The van der Waals surface area contributed by atoms with E-state index in [2.05, 4.69) is 15.3 Å². The van der Waals surface area contributed by atoms with Gasteiger partial charge in [0.1, 0.15) is 0 Å². The Morgan fingerprint density at radius 2 is 2.05 bits per heavy atom. The third-order valence-electron chi connectivity index (χ3n) is 2.52. The lowest BCUT2D eigenvalue weighted by Gasteiger charge is -2.22. The second-order valence-electron chi connectivity index (χ2n) is 5.56. The molecule has 0 fully saturated rings. The first kappa shape index (κ1) is 13.9. The number of nitrogens with zero attached hydrogens (tertiary/aromatic N) is 1. The Balaban J connectivity index is 2.06. The summed E-state index contributed by atoms with van der Waals surface area (Å²) in [7, 11) is 0. The van der Waals surface area contributed by atoms with Crippen LogP contribution >= 0.6 is 11.8 Å². The van der Waals surface area contributed by atoms with Gasteiger partial charge in [-0.3, -0.25) is 4.79 Å². The van der Waals surface area contributed by atoms with E-state index in [9.17, 15) is 4.79 Å². The number of carbonyl (C=O) groups excluding carboxylic acids is 1. The molecule has 1 amide bonds. The summed E-state index contributed by atoms with van der Waals surface area (Å²) in [6.07, 6.45) is 0. The summed E-state index contributed by atoms with van der Waals surface area (Å²) in [5.74, 6) is 0.0259. The van der Waals surface area contributed by atoms with Gasteiger partial charge in [0.25, 0.3) is 0 Å². The predicted octanol–water partition coefficient (Wildman–Crippen LogP) is 2.96. The van der Waals surface area contributed by atoms with Gasteiger partial charge in [-0.1, -0.05) is 23.9 Å². The maximum Gasteiger partial charge on any atom is 0.233 e. The molecular weight excluding hydrogens is 258 g/mol. The standard InChI is InChI=1S/C14H19N3OS/c1-9(12(18)17-14(2,3)4)19-13-15-10-7-5-6-8-11(10)16-13/h5-9H,1-4H3,(H,15,16)(H,17,18)/t9-/m0/s1. The first-order chi connectivity index (χ1) is 8.85. The van der Waals surface area contributed by atoms with E-state index in [0.29, 0.717) is 0 Å². The number of benzene rings is 1. The monoisotopic (exact) mass is 277 g/mol. The van der Waals surface area contributed by atoms with Crippen LogP contribution < -0.4 is 5.32 Å². The number of para-hydroxylation sites is 2. The molecule has 0 aliphatic rings. The molecule has 0 bridgehead atoms.